The van der Waals surface area contributed by atoms with Crippen molar-refractivity contribution < 1.29 is 0 Å². The van der Waals surface area contributed by atoms with Gasteiger partial charge in [0.1, 0.15) is 0 Å². The number of hydrogen-bond acceptors (Lipinski definition) is 0. The topological polar surface area (TPSA) is 0 Å². The molecule has 0 unspecified atom stereocenters. The molecule has 0 aromatic heterocycles. The molecule has 9 heavy (non-hydrogen) atoms. The van der Waals surface area contributed by atoms with Crippen LogP contribution >= 0.6 is 0 Å². The van der Waals surface area contributed by atoms with Crippen molar-refractivity contribution in [2.24, 2.45) is 0 Å². The van der Waals surface area contributed by atoms with Gasteiger partial charge in [-0.3, -0.25) is 0 Å². The summed E-state index contributed by atoms with van der Waals surface area (Å²) in [6.45, 7) is 12.9. The molecule has 0 fully saturated rings. The second-order valence-electron chi connectivity index (χ2n) is 3.40. The molecule has 47 valence electrons. The molecule has 0 saturated carbocycles. The first kappa shape index (κ1) is 9.26. The molecule has 0 amide bonds. The maximum atomic E-state index is 2.31. The quantitative estimate of drug-likeness (QED) is 0.492. The maximum Gasteiger partial charge on any atom is 0.0858 e. The maximum absolute atomic E-state index is 2.31. The molecule has 0 aromatic rings. The third-order valence-electron chi connectivity index (χ3n) is 1.92. The third-order valence-corrected chi connectivity index (χ3v) is 1.92. The normalized spacial score (nSPS) is 8.56. The van der Waals surface area contributed by atoms with Crippen LogP contribution in [0.3, 0.4) is 0 Å². The summed E-state index contributed by atoms with van der Waals surface area (Å²) < 4.78 is 0. The Bertz CT molecular complexity index is 63.4. The molecule has 0 saturated heterocycles. The molecule has 0 atom stereocenters. The van der Waals surface area contributed by atoms with E-state index in [1.807, 2.05) is 0 Å². The van der Waals surface area contributed by atoms with E-state index in [1.54, 1.807) is 0 Å². The Hall–Kier alpha value is 0.260. The van der Waals surface area contributed by atoms with Gasteiger partial charge in [-0.05, 0) is 0 Å². The zero-order valence-corrected chi connectivity index (χ0v) is 7.31. The Kier molecular flexibility index (Phi) is 4.25. The van der Waals surface area contributed by atoms with E-state index in [9.17, 15) is 0 Å². The highest BCUT2D eigenvalue weighted by atomic mass is 13.3. The van der Waals surface area contributed by atoms with E-state index < -0.39 is 0 Å². The van der Waals surface area contributed by atoms with Gasteiger partial charge in [-0.25, -0.2) is 0 Å². The Morgan fingerprint density at radius 3 is 1.22 bits per heavy atom. The lowest BCUT2D eigenvalue weighted by atomic mass is 8.80. The lowest BCUT2D eigenvalue weighted by Gasteiger charge is -2.14. The number of rotatable bonds is 3. The highest BCUT2D eigenvalue weighted by molar-refractivity contribution is 7.67. The fraction of sp³-hybridized carbons (Fsp3) is 1.00. The smallest absolute Gasteiger partial charge is 0.0858 e. The van der Waals surface area contributed by atoms with Gasteiger partial charge in [0.2, 0.25) is 0 Å². The number of hydrogen-bond donors (Lipinski definition) is 0. The van der Waals surface area contributed by atoms with Gasteiger partial charge in [-0.15, -0.1) is 6.82 Å². The van der Waals surface area contributed by atoms with Crippen molar-refractivity contribution in [1.29, 1.82) is 0 Å². The summed E-state index contributed by atoms with van der Waals surface area (Å²) in [6.07, 6.45) is 0.796. The van der Waals surface area contributed by atoms with Crippen LogP contribution in [0.4, 0.5) is 0 Å². The molecule has 0 aromatic carbocycles. The van der Waals surface area contributed by atoms with Gasteiger partial charge in [0.15, 0.2) is 0 Å². The van der Waals surface area contributed by atoms with Crippen LogP contribution in [0.2, 0.25) is 34.1 Å². The standard InChI is InChI=1S/C5H15B4/c1-6-9(7(2)3)8(4)5/h1-5H3. The Balaban J connectivity index is 3.68. The van der Waals surface area contributed by atoms with E-state index in [1.165, 1.54) is 0 Å². The summed E-state index contributed by atoms with van der Waals surface area (Å²) >= 11 is 0. The van der Waals surface area contributed by atoms with Crippen molar-refractivity contribution in [2.45, 2.75) is 34.1 Å². The third kappa shape index (κ3) is 3.07. The van der Waals surface area contributed by atoms with Gasteiger partial charge in [-0.1, -0.05) is 27.3 Å². The second kappa shape index (κ2) is 4.14. The van der Waals surface area contributed by atoms with Crippen molar-refractivity contribution in [2.75, 3.05) is 0 Å². The van der Waals surface area contributed by atoms with Gasteiger partial charge in [-0.2, -0.15) is 0 Å². The first-order valence-electron chi connectivity index (χ1n) is 3.89. The molecule has 0 N–H and O–H groups in total. The Morgan fingerprint density at radius 2 is 1.22 bits per heavy atom. The van der Waals surface area contributed by atoms with Crippen molar-refractivity contribution in [1.82, 2.24) is 0 Å². The molecule has 1 radical (unpaired) electrons. The summed E-state index contributed by atoms with van der Waals surface area (Å²) in [4.78, 5) is 0. The van der Waals surface area contributed by atoms with Crippen molar-refractivity contribution in [3.8, 4) is 0 Å². The van der Waals surface area contributed by atoms with Crippen LogP contribution in [0.25, 0.3) is 0 Å². The predicted octanol–water partition coefficient (Wildman–Crippen LogP) is 1.40. The Labute approximate surface area is 61.6 Å². The largest absolute Gasteiger partial charge is 0.101 e. The van der Waals surface area contributed by atoms with Crippen LogP contribution in [-0.4, -0.2) is 26.8 Å². The highest BCUT2D eigenvalue weighted by Crippen LogP contribution is 1.94. The minimum Gasteiger partial charge on any atom is -0.101 e. The fourth-order valence-electron chi connectivity index (χ4n) is 1.54. The minimum absolute atomic E-state index is 0.796. The monoisotopic (exact) mass is 119 g/mol. The zero-order chi connectivity index (χ0) is 7.44. The molecule has 0 aliphatic rings. The van der Waals surface area contributed by atoms with Crippen LogP contribution in [0.1, 0.15) is 0 Å². The van der Waals surface area contributed by atoms with E-state index in [0.29, 0.717) is 0 Å². The highest BCUT2D eigenvalue weighted by Gasteiger charge is 2.22. The molecule has 4 heteroatoms. The van der Waals surface area contributed by atoms with Gasteiger partial charge in [0.05, 0.1) is 20.4 Å². The van der Waals surface area contributed by atoms with E-state index in [2.05, 4.69) is 41.3 Å². The molecular weight excluding hydrogens is 103 g/mol. The van der Waals surface area contributed by atoms with Gasteiger partial charge in [0.25, 0.3) is 0 Å². The van der Waals surface area contributed by atoms with E-state index in [-0.39, 0.29) is 0 Å². The first-order chi connectivity index (χ1) is 4.09. The van der Waals surface area contributed by atoms with E-state index in [4.69, 9.17) is 0 Å². The minimum atomic E-state index is 0.796. The van der Waals surface area contributed by atoms with E-state index in [0.717, 1.165) is 19.6 Å². The lowest BCUT2D eigenvalue weighted by molar-refractivity contribution is 2.05. The van der Waals surface area contributed by atoms with Crippen molar-refractivity contribution >= 4 is 26.8 Å². The fourth-order valence-corrected chi connectivity index (χ4v) is 1.54. The zero-order valence-electron chi connectivity index (χ0n) is 7.31. The van der Waals surface area contributed by atoms with Crippen LogP contribution in [0.15, 0.2) is 0 Å². The molecule has 0 aliphatic heterocycles. The average molecular weight is 118 g/mol. The predicted molar refractivity (Wildman–Crippen MR) is 52.3 cm³/mol. The van der Waals surface area contributed by atoms with Crippen LogP contribution in [0, 0.1) is 0 Å². The van der Waals surface area contributed by atoms with Crippen LogP contribution in [-0.2, 0) is 0 Å². The summed E-state index contributed by atoms with van der Waals surface area (Å²) in [6, 6.07) is 0. The first-order valence-corrected chi connectivity index (χ1v) is 3.89. The lowest BCUT2D eigenvalue weighted by Crippen LogP contribution is -2.46. The van der Waals surface area contributed by atoms with Crippen LogP contribution < -0.4 is 0 Å². The SMILES string of the molecule is C[B]B(B(C)C)B(C)C. The molecule has 0 bridgehead atoms. The van der Waals surface area contributed by atoms with Gasteiger partial charge in [0, 0.05) is 6.39 Å². The molecule has 0 nitrogen and oxygen atoms in total. The molecule has 0 aliphatic carbocycles. The average Bonchev–Trinajstić information content (AvgIpc) is 1.64. The molecule has 0 rings (SSSR count). The van der Waals surface area contributed by atoms with Crippen molar-refractivity contribution in [3.63, 3.8) is 0 Å². The molecular formula is C5H15B4. The summed E-state index contributed by atoms with van der Waals surface area (Å²) in [7, 11) is 2.31. The summed E-state index contributed by atoms with van der Waals surface area (Å²) in [5.41, 5.74) is 0. The van der Waals surface area contributed by atoms with Gasteiger partial charge < -0.3 is 0 Å². The van der Waals surface area contributed by atoms with Crippen molar-refractivity contribution in [3.05, 3.63) is 0 Å². The van der Waals surface area contributed by atoms with Crippen LogP contribution in [0.5, 0.6) is 0 Å². The van der Waals surface area contributed by atoms with Gasteiger partial charge >= 0.3 is 0 Å². The van der Waals surface area contributed by atoms with E-state index >= 15 is 0 Å². The summed E-state index contributed by atoms with van der Waals surface area (Å²) in [5, 5.41) is 0. The molecule has 0 spiro atoms. The summed E-state index contributed by atoms with van der Waals surface area (Å²) in [5.74, 6) is 0. The Morgan fingerprint density at radius 1 is 0.889 bits per heavy atom. The second-order valence-corrected chi connectivity index (χ2v) is 3.40. The molecule has 0 heterocycles.